The molecule has 0 saturated carbocycles. The van der Waals surface area contributed by atoms with Gasteiger partial charge in [0.2, 0.25) is 11.5 Å². The molecular formula is C21H20N4O5S. The maximum atomic E-state index is 11.5. The van der Waals surface area contributed by atoms with Crippen molar-refractivity contribution >= 4 is 16.1 Å². The summed E-state index contributed by atoms with van der Waals surface area (Å²) in [6, 6.07) is 12.8. The molecule has 0 aliphatic heterocycles. The SMILES string of the molecule is Cc1ccc(S(=O)(=O)O)cc1.Cn1cc(-c2cnc(N)nc2-c2ccco2)ccc1=O. The lowest BCUT2D eigenvalue weighted by Crippen LogP contribution is -2.14. The van der Waals surface area contributed by atoms with E-state index in [2.05, 4.69) is 9.97 Å². The van der Waals surface area contributed by atoms with Crippen molar-refractivity contribution in [1.29, 1.82) is 0 Å². The van der Waals surface area contributed by atoms with Crippen LogP contribution < -0.4 is 11.3 Å². The predicted molar refractivity (Wildman–Crippen MR) is 116 cm³/mol. The van der Waals surface area contributed by atoms with Gasteiger partial charge in [-0.3, -0.25) is 9.35 Å². The molecular weight excluding hydrogens is 420 g/mol. The number of pyridine rings is 1. The lowest BCUT2D eigenvalue weighted by Gasteiger charge is -2.08. The first kappa shape index (κ1) is 21.9. The molecule has 3 heterocycles. The van der Waals surface area contributed by atoms with Gasteiger partial charge in [-0.25, -0.2) is 9.97 Å². The van der Waals surface area contributed by atoms with Crippen molar-refractivity contribution in [3.63, 3.8) is 0 Å². The summed E-state index contributed by atoms with van der Waals surface area (Å²) in [6.07, 6.45) is 4.92. The van der Waals surface area contributed by atoms with E-state index in [-0.39, 0.29) is 16.4 Å². The van der Waals surface area contributed by atoms with E-state index < -0.39 is 10.1 Å². The van der Waals surface area contributed by atoms with Crippen LogP contribution in [0.5, 0.6) is 0 Å². The molecule has 0 aliphatic rings. The molecule has 0 radical (unpaired) electrons. The maximum absolute atomic E-state index is 11.5. The molecule has 9 nitrogen and oxygen atoms in total. The number of nitrogen functional groups attached to an aromatic ring is 1. The lowest BCUT2D eigenvalue weighted by atomic mass is 10.1. The van der Waals surface area contributed by atoms with Crippen LogP contribution in [-0.2, 0) is 17.2 Å². The number of rotatable bonds is 3. The summed E-state index contributed by atoms with van der Waals surface area (Å²) >= 11 is 0. The molecule has 0 aliphatic carbocycles. The smallest absolute Gasteiger partial charge is 0.294 e. The minimum absolute atomic E-state index is 0.0666. The molecule has 0 unspecified atom stereocenters. The minimum Gasteiger partial charge on any atom is -0.463 e. The van der Waals surface area contributed by atoms with E-state index >= 15 is 0 Å². The van der Waals surface area contributed by atoms with Gasteiger partial charge in [0.05, 0.1) is 11.2 Å². The van der Waals surface area contributed by atoms with E-state index in [1.165, 1.54) is 22.8 Å². The van der Waals surface area contributed by atoms with Gasteiger partial charge in [-0.1, -0.05) is 17.7 Å². The number of hydrogen-bond donors (Lipinski definition) is 2. The second-order valence-corrected chi connectivity index (χ2v) is 8.04. The van der Waals surface area contributed by atoms with Gasteiger partial charge in [0.1, 0.15) is 5.69 Å². The van der Waals surface area contributed by atoms with Crippen molar-refractivity contribution in [2.75, 3.05) is 5.73 Å². The fourth-order valence-electron chi connectivity index (χ4n) is 2.67. The van der Waals surface area contributed by atoms with Crippen LogP contribution in [0.25, 0.3) is 22.6 Å². The highest BCUT2D eigenvalue weighted by Crippen LogP contribution is 2.30. The number of nitrogens with zero attached hydrogens (tertiary/aromatic N) is 3. The van der Waals surface area contributed by atoms with E-state index in [0.29, 0.717) is 11.5 Å². The number of hydrogen-bond acceptors (Lipinski definition) is 7. The Bertz CT molecular complexity index is 1350. The summed E-state index contributed by atoms with van der Waals surface area (Å²) in [5, 5.41) is 0. The van der Waals surface area contributed by atoms with E-state index in [1.807, 2.05) is 6.92 Å². The monoisotopic (exact) mass is 440 g/mol. The number of furan rings is 1. The van der Waals surface area contributed by atoms with Crippen LogP contribution in [0.1, 0.15) is 5.56 Å². The summed E-state index contributed by atoms with van der Waals surface area (Å²) < 4.78 is 36.4. The molecule has 4 rings (SSSR count). The number of aryl methyl sites for hydroxylation is 2. The van der Waals surface area contributed by atoms with Crippen molar-refractivity contribution < 1.29 is 17.4 Å². The lowest BCUT2D eigenvalue weighted by molar-refractivity contribution is 0.483. The van der Waals surface area contributed by atoms with Crippen molar-refractivity contribution in [3.05, 3.63) is 83.1 Å². The van der Waals surface area contributed by atoms with E-state index in [1.54, 1.807) is 56.0 Å². The van der Waals surface area contributed by atoms with Crippen molar-refractivity contribution in [1.82, 2.24) is 14.5 Å². The van der Waals surface area contributed by atoms with Gasteiger partial charge in [0, 0.05) is 36.6 Å². The first-order chi connectivity index (χ1) is 14.6. The third-order valence-corrected chi connectivity index (χ3v) is 5.15. The highest BCUT2D eigenvalue weighted by molar-refractivity contribution is 7.85. The average molecular weight is 440 g/mol. The number of anilines is 1. The fraction of sp³-hybridized carbons (Fsp3) is 0.0952. The van der Waals surface area contributed by atoms with Crippen molar-refractivity contribution in [2.24, 2.45) is 7.05 Å². The molecule has 160 valence electrons. The van der Waals surface area contributed by atoms with Gasteiger partial charge in [-0.15, -0.1) is 0 Å². The molecule has 0 amide bonds. The molecule has 0 spiro atoms. The molecule has 0 fully saturated rings. The Morgan fingerprint density at radius 2 is 1.81 bits per heavy atom. The summed E-state index contributed by atoms with van der Waals surface area (Å²) in [5.41, 5.74) is 8.69. The number of nitrogens with two attached hydrogens (primary N) is 1. The Morgan fingerprint density at radius 3 is 2.39 bits per heavy atom. The normalized spacial score (nSPS) is 10.9. The van der Waals surface area contributed by atoms with E-state index in [0.717, 1.165) is 16.7 Å². The Kier molecular flexibility index (Phi) is 6.33. The summed E-state index contributed by atoms with van der Waals surface area (Å²) in [5.74, 6) is 0.771. The topological polar surface area (TPSA) is 141 Å². The minimum atomic E-state index is -4.02. The predicted octanol–water partition coefficient (Wildman–Crippen LogP) is 2.93. The highest BCUT2D eigenvalue weighted by atomic mass is 32.2. The Morgan fingerprint density at radius 1 is 1.10 bits per heavy atom. The zero-order valence-corrected chi connectivity index (χ0v) is 17.6. The zero-order chi connectivity index (χ0) is 22.6. The zero-order valence-electron chi connectivity index (χ0n) is 16.8. The highest BCUT2D eigenvalue weighted by Gasteiger charge is 2.13. The Labute approximate surface area is 178 Å². The maximum Gasteiger partial charge on any atom is 0.294 e. The second kappa shape index (κ2) is 8.94. The van der Waals surface area contributed by atoms with Gasteiger partial charge in [-0.05, 0) is 37.3 Å². The first-order valence-electron chi connectivity index (χ1n) is 9.03. The second-order valence-electron chi connectivity index (χ2n) is 6.62. The van der Waals surface area contributed by atoms with Gasteiger partial charge < -0.3 is 14.7 Å². The first-order valence-corrected chi connectivity index (χ1v) is 10.5. The molecule has 1 aromatic carbocycles. The largest absolute Gasteiger partial charge is 0.463 e. The molecule has 10 heteroatoms. The summed E-state index contributed by atoms with van der Waals surface area (Å²) in [7, 11) is -2.33. The Hall–Kier alpha value is -3.76. The van der Waals surface area contributed by atoms with Crippen LogP contribution in [0.15, 0.2) is 81.3 Å². The van der Waals surface area contributed by atoms with Gasteiger partial charge >= 0.3 is 0 Å². The van der Waals surface area contributed by atoms with Crippen molar-refractivity contribution in [3.8, 4) is 22.6 Å². The van der Waals surface area contributed by atoms with Crippen LogP contribution >= 0.6 is 0 Å². The molecule has 31 heavy (non-hydrogen) atoms. The summed E-state index contributed by atoms with van der Waals surface area (Å²) in [6.45, 7) is 1.84. The standard InChI is InChI=1S/C14H12N4O2.C7H8O3S/c1-18-8-9(4-5-12(18)19)10-7-16-14(15)17-13(10)11-3-2-6-20-11;1-6-2-4-7(5-3-6)11(8,9)10/h2-8H,1H3,(H2,15,16,17);2-5H,1H3,(H,8,9,10). The number of aromatic nitrogens is 3. The molecule has 0 atom stereocenters. The quantitative estimate of drug-likeness (QED) is 0.463. The molecule has 3 aromatic heterocycles. The van der Waals surface area contributed by atoms with Crippen LogP contribution in [0.2, 0.25) is 0 Å². The van der Waals surface area contributed by atoms with Crippen LogP contribution in [0.3, 0.4) is 0 Å². The van der Waals surface area contributed by atoms with Gasteiger partial charge in [0.15, 0.2) is 5.76 Å². The van der Waals surface area contributed by atoms with E-state index in [4.69, 9.17) is 14.7 Å². The fourth-order valence-corrected chi connectivity index (χ4v) is 3.15. The number of benzene rings is 1. The third-order valence-electron chi connectivity index (χ3n) is 4.28. The van der Waals surface area contributed by atoms with Gasteiger partial charge in [-0.2, -0.15) is 8.42 Å². The average Bonchev–Trinajstić information content (AvgIpc) is 3.25. The molecule has 3 N–H and O–H groups in total. The van der Waals surface area contributed by atoms with Crippen LogP contribution in [0, 0.1) is 6.92 Å². The van der Waals surface area contributed by atoms with Crippen LogP contribution in [-0.4, -0.2) is 27.5 Å². The third kappa shape index (κ3) is 5.44. The molecule has 4 aromatic rings. The molecule has 0 bridgehead atoms. The molecule has 0 saturated heterocycles. The summed E-state index contributed by atoms with van der Waals surface area (Å²) in [4.78, 5) is 19.6. The van der Waals surface area contributed by atoms with Crippen LogP contribution in [0.4, 0.5) is 5.95 Å². The van der Waals surface area contributed by atoms with Gasteiger partial charge in [0.25, 0.3) is 10.1 Å². The van der Waals surface area contributed by atoms with Crippen molar-refractivity contribution in [2.45, 2.75) is 11.8 Å². The van der Waals surface area contributed by atoms with E-state index in [9.17, 15) is 13.2 Å². The Balaban J connectivity index is 0.000000210.